The molecule has 1 aliphatic rings. The minimum atomic E-state index is -0.864. The zero-order valence-electron chi connectivity index (χ0n) is 12.9. The van der Waals surface area contributed by atoms with Gasteiger partial charge in [-0.25, -0.2) is 0 Å². The van der Waals surface area contributed by atoms with Crippen LogP contribution in [0.4, 0.5) is 5.69 Å². The Bertz CT molecular complexity index is 519. The molecule has 0 spiro atoms. The summed E-state index contributed by atoms with van der Waals surface area (Å²) in [5.74, 6) is -0.359. The van der Waals surface area contributed by atoms with Crippen molar-refractivity contribution >= 4 is 17.5 Å². The van der Waals surface area contributed by atoms with Crippen molar-refractivity contribution < 1.29 is 9.59 Å². The predicted octanol–water partition coefficient (Wildman–Crippen LogP) is 1.39. The van der Waals surface area contributed by atoms with Gasteiger partial charge in [0, 0.05) is 18.8 Å². The molecular weight excluding hydrogens is 266 g/mol. The molecule has 1 saturated carbocycles. The lowest BCUT2D eigenvalue weighted by Crippen LogP contribution is -2.42. The SMILES string of the molecule is Cc1ccc(NC(=O)C2(C(=O)NCCN(C)C)CC2)cc1. The summed E-state index contributed by atoms with van der Waals surface area (Å²) in [5, 5.41) is 5.69. The van der Waals surface area contributed by atoms with Gasteiger partial charge in [0.25, 0.3) is 0 Å². The minimum Gasteiger partial charge on any atom is -0.354 e. The Morgan fingerprint density at radius 2 is 1.76 bits per heavy atom. The second-order valence-corrected chi connectivity index (χ2v) is 5.96. The molecule has 21 heavy (non-hydrogen) atoms. The van der Waals surface area contributed by atoms with Gasteiger partial charge in [-0.15, -0.1) is 0 Å². The number of nitrogens with zero attached hydrogens (tertiary/aromatic N) is 1. The quantitative estimate of drug-likeness (QED) is 0.778. The van der Waals surface area contributed by atoms with Crippen molar-refractivity contribution in [3.63, 3.8) is 0 Å². The third-order valence-electron chi connectivity index (χ3n) is 3.77. The fourth-order valence-electron chi connectivity index (χ4n) is 2.13. The molecular formula is C16H23N3O2. The van der Waals surface area contributed by atoms with Crippen LogP contribution in [0.1, 0.15) is 18.4 Å². The summed E-state index contributed by atoms with van der Waals surface area (Å²) in [6.45, 7) is 3.32. The lowest BCUT2D eigenvalue weighted by Gasteiger charge is -2.16. The summed E-state index contributed by atoms with van der Waals surface area (Å²) in [7, 11) is 3.90. The molecule has 1 aromatic rings. The van der Waals surface area contributed by atoms with Crippen LogP contribution < -0.4 is 10.6 Å². The fraction of sp³-hybridized carbons (Fsp3) is 0.500. The third-order valence-corrected chi connectivity index (χ3v) is 3.77. The monoisotopic (exact) mass is 289 g/mol. The van der Waals surface area contributed by atoms with Gasteiger partial charge in [-0.1, -0.05) is 17.7 Å². The largest absolute Gasteiger partial charge is 0.354 e. The molecule has 0 unspecified atom stereocenters. The zero-order chi connectivity index (χ0) is 15.5. The van der Waals surface area contributed by atoms with E-state index in [2.05, 4.69) is 10.6 Å². The van der Waals surface area contributed by atoms with E-state index in [0.717, 1.165) is 17.8 Å². The molecule has 114 valence electrons. The van der Waals surface area contributed by atoms with Gasteiger partial charge in [0.2, 0.25) is 11.8 Å². The Morgan fingerprint density at radius 1 is 1.14 bits per heavy atom. The minimum absolute atomic E-state index is 0.158. The normalized spacial score (nSPS) is 15.6. The Kier molecular flexibility index (Phi) is 4.63. The van der Waals surface area contributed by atoms with Gasteiger partial charge in [-0.2, -0.15) is 0 Å². The molecule has 0 radical (unpaired) electrons. The summed E-state index contributed by atoms with van der Waals surface area (Å²) in [6.07, 6.45) is 1.25. The first-order chi connectivity index (χ1) is 9.94. The zero-order valence-corrected chi connectivity index (χ0v) is 12.9. The number of carbonyl (C=O) groups is 2. The van der Waals surface area contributed by atoms with Crippen molar-refractivity contribution in [2.75, 3.05) is 32.5 Å². The lowest BCUT2D eigenvalue weighted by atomic mass is 10.0. The molecule has 1 aromatic carbocycles. The average molecular weight is 289 g/mol. The van der Waals surface area contributed by atoms with E-state index >= 15 is 0 Å². The first-order valence-corrected chi connectivity index (χ1v) is 7.25. The van der Waals surface area contributed by atoms with Crippen LogP contribution in [0.2, 0.25) is 0 Å². The van der Waals surface area contributed by atoms with Crippen LogP contribution >= 0.6 is 0 Å². The maximum Gasteiger partial charge on any atom is 0.240 e. The second kappa shape index (κ2) is 6.26. The number of hydrogen-bond donors (Lipinski definition) is 2. The van der Waals surface area contributed by atoms with E-state index in [9.17, 15) is 9.59 Å². The Labute approximate surface area is 125 Å². The van der Waals surface area contributed by atoms with Gasteiger partial charge in [0.05, 0.1) is 0 Å². The van der Waals surface area contributed by atoms with Gasteiger partial charge in [0.1, 0.15) is 5.41 Å². The van der Waals surface area contributed by atoms with Gasteiger partial charge >= 0.3 is 0 Å². The van der Waals surface area contributed by atoms with Crippen LogP contribution in [-0.2, 0) is 9.59 Å². The van der Waals surface area contributed by atoms with Gasteiger partial charge < -0.3 is 15.5 Å². The van der Waals surface area contributed by atoms with Crippen LogP contribution in [0.15, 0.2) is 24.3 Å². The summed E-state index contributed by atoms with van der Waals surface area (Å²) in [4.78, 5) is 26.5. The first-order valence-electron chi connectivity index (χ1n) is 7.25. The number of carbonyl (C=O) groups excluding carboxylic acids is 2. The molecule has 0 saturated heterocycles. The van der Waals surface area contributed by atoms with Crippen molar-refractivity contribution in [3.8, 4) is 0 Å². The third kappa shape index (κ3) is 3.82. The standard InChI is InChI=1S/C16H23N3O2/c1-12-4-6-13(7-5-12)18-15(21)16(8-9-16)14(20)17-10-11-19(2)3/h4-7H,8-11H2,1-3H3,(H,17,20)(H,18,21). The highest BCUT2D eigenvalue weighted by Crippen LogP contribution is 2.46. The molecule has 1 fully saturated rings. The van der Waals surface area contributed by atoms with Crippen molar-refractivity contribution in [1.82, 2.24) is 10.2 Å². The van der Waals surface area contributed by atoms with Crippen molar-refractivity contribution in [1.29, 1.82) is 0 Å². The summed E-state index contributed by atoms with van der Waals surface area (Å²) < 4.78 is 0. The van der Waals surface area contributed by atoms with E-state index in [1.807, 2.05) is 50.2 Å². The van der Waals surface area contributed by atoms with E-state index in [-0.39, 0.29) is 11.8 Å². The fourth-order valence-corrected chi connectivity index (χ4v) is 2.13. The molecule has 2 amide bonds. The highest BCUT2D eigenvalue weighted by molar-refractivity contribution is 6.13. The molecule has 1 aliphatic carbocycles. The Hall–Kier alpha value is -1.88. The molecule has 0 atom stereocenters. The van der Waals surface area contributed by atoms with Gasteiger partial charge in [-0.3, -0.25) is 9.59 Å². The van der Waals surface area contributed by atoms with E-state index < -0.39 is 5.41 Å². The van der Waals surface area contributed by atoms with Crippen LogP contribution in [0, 0.1) is 12.3 Å². The number of benzene rings is 1. The van der Waals surface area contributed by atoms with E-state index in [0.29, 0.717) is 19.4 Å². The number of anilines is 1. The van der Waals surface area contributed by atoms with E-state index in [4.69, 9.17) is 0 Å². The van der Waals surface area contributed by atoms with Gasteiger partial charge in [-0.05, 0) is 46.0 Å². The number of nitrogens with one attached hydrogen (secondary N) is 2. The van der Waals surface area contributed by atoms with Crippen LogP contribution in [0.25, 0.3) is 0 Å². The van der Waals surface area contributed by atoms with Crippen LogP contribution in [0.5, 0.6) is 0 Å². The van der Waals surface area contributed by atoms with Crippen LogP contribution in [0.3, 0.4) is 0 Å². The van der Waals surface area contributed by atoms with Crippen molar-refractivity contribution in [2.45, 2.75) is 19.8 Å². The molecule has 2 N–H and O–H groups in total. The highest BCUT2D eigenvalue weighted by atomic mass is 16.2. The summed E-state index contributed by atoms with van der Waals surface area (Å²) >= 11 is 0. The maximum atomic E-state index is 12.3. The summed E-state index contributed by atoms with van der Waals surface area (Å²) in [5.41, 5.74) is 1.01. The van der Waals surface area contributed by atoms with Crippen LogP contribution in [-0.4, -0.2) is 43.9 Å². The molecule has 5 heteroatoms. The summed E-state index contributed by atoms with van der Waals surface area (Å²) in [6, 6.07) is 7.58. The molecule has 0 bridgehead atoms. The number of likely N-dealkylation sites (N-methyl/N-ethyl adjacent to an activating group) is 1. The number of hydrogen-bond acceptors (Lipinski definition) is 3. The van der Waals surface area contributed by atoms with E-state index in [1.165, 1.54) is 0 Å². The lowest BCUT2D eigenvalue weighted by molar-refractivity contribution is -0.134. The average Bonchev–Trinajstić information content (AvgIpc) is 3.22. The van der Waals surface area contributed by atoms with Crippen molar-refractivity contribution in [2.24, 2.45) is 5.41 Å². The Balaban J connectivity index is 1.91. The van der Waals surface area contributed by atoms with E-state index in [1.54, 1.807) is 0 Å². The smallest absolute Gasteiger partial charge is 0.240 e. The topological polar surface area (TPSA) is 61.4 Å². The van der Waals surface area contributed by atoms with Crippen molar-refractivity contribution in [3.05, 3.63) is 29.8 Å². The number of amides is 2. The molecule has 0 aromatic heterocycles. The highest BCUT2D eigenvalue weighted by Gasteiger charge is 2.56. The predicted molar refractivity (Wildman–Crippen MR) is 83.0 cm³/mol. The molecule has 0 aliphatic heterocycles. The Morgan fingerprint density at radius 3 is 2.29 bits per heavy atom. The number of rotatable bonds is 6. The second-order valence-electron chi connectivity index (χ2n) is 5.96. The molecule has 0 heterocycles. The first kappa shape index (κ1) is 15.5. The molecule has 5 nitrogen and oxygen atoms in total. The number of aryl methyl sites for hydroxylation is 1. The van der Waals surface area contributed by atoms with Gasteiger partial charge in [0.15, 0.2) is 0 Å². The maximum absolute atomic E-state index is 12.3. The molecule has 2 rings (SSSR count).